The van der Waals surface area contributed by atoms with Gasteiger partial charge in [-0.2, -0.15) is 0 Å². The Morgan fingerprint density at radius 1 is 1.43 bits per heavy atom. The van der Waals surface area contributed by atoms with Crippen LogP contribution >= 0.6 is 12.2 Å². The highest BCUT2D eigenvalue weighted by atomic mass is 32.1. The Labute approximate surface area is 130 Å². The molecule has 21 heavy (non-hydrogen) atoms. The number of H-pyrrole nitrogens is 1. The van der Waals surface area contributed by atoms with E-state index in [1.807, 2.05) is 13.0 Å². The van der Waals surface area contributed by atoms with Crippen molar-refractivity contribution in [2.24, 2.45) is 0 Å². The van der Waals surface area contributed by atoms with Crippen LogP contribution in [-0.2, 0) is 4.74 Å². The van der Waals surface area contributed by atoms with Gasteiger partial charge in [0.15, 0.2) is 10.4 Å². The highest BCUT2D eigenvalue weighted by Crippen LogP contribution is 2.38. The molecule has 0 spiro atoms. The first-order valence-electron chi connectivity index (χ1n) is 7.80. The van der Waals surface area contributed by atoms with Gasteiger partial charge >= 0.3 is 0 Å². The minimum Gasteiger partial charge on any atom is -0.375 e. The van der Waals surface area contributed by atoms with Crippen LogP contribution in [0.25, 0.3) is 11.2 Å². The number of hydrogen-bond donors (Lipinski definition) is 1. The SMILES string of the molecule is CCC1(CC)CC(n2c(=S)[nH]c3ccc(C)nc32)CCO1. The van der Waals surface area contributed by atoms with Crippen molar-refractivity contribution < 1.29 is 4.74 Å². The maximum Gasteiger partial charge on any atom is 0.179 e. The van der Waals surface area contributed by atoms with Gasteiger partial charge in [-0.1, -0.05) is 13.8 Å². The Morgan fingerprint density at radius 2 is 2.19 bits per heavy atom. The monoisotopic (exact) mass is 305 g/mol. The number of hydrogen-bond acceptors (Lipinski definition) is 3. The fourth-order valence-corrected chi connectivity index (χ4v) is 3.75. The summed E-state index contributed by atoms with van der Waals surface area (Å²) >= 11 is 5.55. The van der Waals surface area contributed by atoms with Crippen LogP contribution in [0, 0.1) is 11.7 Å². The third kappa shape index (κ3) is 2.53. The van der Waals surface area contributed by atoms with Crippen molar-refractivity contribution in [2.75, 3.05) is 6.61 Å². The van der Waals surface area contributed by atoms with Crippen molar-refractivity contribution in [3.63, 3.8) is 0 Å². The van der Waals surface area contributed by atoms with E-state index in [1.54, 1.807) is 0 Å². The molecule has 1 aliphatic heterocycles. The average molecular weight is 305 g/mol. The first-order chi connectivity index (χ1) is 10.1. The lowest BCUT2D eigenvalue weighted by Crippen LogP contribution is -2.39. The number of aromatic amines is 1. The van der Waals surface area contributed by atoms with Gasteiger partial charge in [0.05, 0.1) is 11.1 Å². The van der Waals surface area contributed by atoms with Crippen LogP contribution in [0.3, 0.4) is 0 Å². The summed E-state index contributed by atoms with van der Waals surface area (Å²) in [6.07, 6.45) is 4.10. The number of ether oxygens (including phenoxy) is 1. The van der Waals surface area contributed by atoms with Gasteiger partial charge in [-0.05, 0) is 57.0 Å². The standard InChI is InChI=1S/C16H23N3OS/c1-4-16(5-2)10-12(8-9-20-16)19-14-13(18-15(19)21)7-6-11(3)17-14/h6-7,12H,4-5,8-10H2,1-3H3,(H,18,21). The maximum absolute atomic E-state index is 6.09. The second-order valence-electron chi connectivity index (χ2n) is 6.01. The number of nitrogens with zero attached hydrogens (tertiary/aromatic N) is 2. The van der Waals surface area contributed by atoms with Crippen molar-refractivity contribution in [1.82, 2.24) is 14.5 Å². The quantitative estimate of drug-likeness (QED) is 0.859. The zero-order valence-electron chi connectivity index (χ0n) is 13.0. The second-order valence-corrected chi connectivity index (χ2v) is 6.40. The lowest BCUT2D eigenvalue weighted by atomic mass is 9.86. The number of nitrogens with one attached hydrogen (secondary N) is 1. The van der Waals surface area contributed by atoms with E-state index >= 15 is 0 Å². The molecule has 4 nitrogen and oxygen atoms in total. The Morgan fingerprint density at radius 3 is 2.90 bits per heavy atom. The summed E-state index contributed by atoms with van der Waals surface area (Å²) in [5.74, 6) is 0. The summed E-state index contributed by atoms with van der Waals surface area (Å²) in [6, 6.07) is 4.45. The summed E-state index contributed by atoms with van der Waals surface area (Å²) < 4.78 is 9.07. The fraction of sp³-hybridized carbons (Fsp3) is 0.625. The van der Waals surface area contributed by atoms with E-state index in [1.165, 1.54) is 0 Å². The molecule has 0 aliphatic carbocycles. The molecular formula is C16H23N3OS. The predicted molar refractivity (Wildman–Crippen MR) is 87.2 cm³/mol. The van der Waals surface area contributed by atoms with Crippen LogP contribution < -0.4 is 0 Å². The van der Waals surface area contributed by atoms with Crippen LogP contribution in [0.5, 0.6) is 0 Å². The summed E-state index contributed by atoms with van der Waals surface area (Å²) in [5.41, 5.74) is 3.02. The number of rotatable bonds is 3. The van der Waals surface area contributed by atoms with Gasteiger partial charge in [-0.25, -0.2) is 4.98 Å². The van der Waals surface area contributed by atoms with E-state index in [9.17, 15) is 0 Å². The topological polar surface area (TPSA) is 42.8 Å². The van der Waals surface area contributed by atoms with Gasteiger partial charge in [0.1, 0.15) is 0 Å². The molecule has 1 fully saturated rings. The predicted octanol–water partition coefficient (Wildman–Crippen LogP) is 4.31. The van der Waals surface area contributed by atoms with Gasteiger partial charge in [0, 0.05) is 18.3 Å². The Bertz CT molecular complexity index is 699. The summed E-state index contributed by atoms with van der Waals surface area (Å²) in [7, 11) is 0. The van der Waals surface area contributed by atoms with Crippen molar-refractivity contribution in [3.8, 4) is 0 Å². The van der Waals surface area contributed by atoms with Crippen LogP contribution in [-0.4, -0.2) is 26.7 Å². The molecule has 0 aromatic carbocycles. The van der Waals surface area contributed by atoms with Gasteiger partial charge in [0.25, 0.3) is 0 Å². The van der Waals surface area contributed by atoms with E-state index < -0.39 is 0 Å². The fourth-order valence-electron chi connectivity index (χ4n) is 3.40. The number of aryl methyl sites for hydroxylation is 1. The minimum atomic E-state index is -0.00882. The smallest absolute Gasteiger partial charge is 0.179 e. The van der Waals surface area contributed by atoms with E-state index in [0.29, 0.717) is 6.04 Å². The summed E-state index contributed by atoms with van der Waals surface area (Å²) in [4.78, 5) is 7.98. The molecule has 2 aromatic rings. The number of fused-ring (bicyclic) bond motifs is 1. The first kappa shape index (κ1) is 14.7. The maximum atomic E-state index is 6.09. The highest BCUT2D eigenvalue weighted by Gasteiger charge is 2.36. The molecule has 0 radical (unpaired) electrons. The molecule has 3 rings (SSSR count). The molecule has 114 valence electrons. The third-order valence-corrected chi connectivity index (χ3v) is 5.12. The molecule has 0 bridgehead atoms. The highest BCUT2D eigenvalue weighted by molar-refractivity contribution is 7.71. The number of pyridine rings is 1. The van der Waals surface area contributed by atoms with Gasteiger partial charge < -0.3 is 9.72 Å². The average Bonchev–Trinajstić information content (AvgIpc) is 2.82. The molecule has 0 amide bonds. The zero-order valence-corrected chi connectivity index (χ0v) is 13.8. The van der Waals surface area contributed by atoms with Crippen molar-refractivity contribution in [2.45, 2.75) is 58.1 Å². The van der Waals surface area contributed by atoms with Crippen LogP contribution in [0.15, 0.2) is 12.1 Å². The Balaban J connectivity index is 2.05. The van der Waals surface area contributed by atoms with Gasteiger partial charge in [-0.15, -0.1) is 0 Å². The minimum absolute atomic E-state index is 0.00882. The number of imidazole rings is 1. The molecule has 5 heteroatoms. The second kappa shape index (κ2) is 5.54. The van der Waals surface area contributed by atoms with E-state index in [0.717, 1.165) is 53.9 Å². The van der Waals surface area contributed by atoms with Crippen LogP contribution in [0.4, 0.5) is 0 Å². The van der Waals surface area contributed by atoms with Crippen LogP contribution in [0.1, 0.15) is 51.3 Å². The van der Waals surface area contributed by atoms with Crippen molar-refractivity contribution >= 4 is 23.4 Å². The Hall–Kier alpha value is -1.20. The summed E-state index contributed by atoms with van der Waals surface area (Å²) in [6.45, 7) is 7.24. The third-order valence-electron chi connectivity index (χ3n) is 4.82. The van der Waals surface area contributed by atoms with E-state index in [-0.39, 0.29) is 5.60 Å². The Kier molecular flexibility index (Phi) is 3.88. The van der Waals surface area contributed by atoms with Crippen molar-refractivity contribution in [3.05, 3.63) is 22.6 Å². The van der Waals surface area contributed by atoms with Gasteiger partial charge in [0.2, 0.25) is 0 Å². The molecule has 1 aliphatic rings. The molecule has 2 aromatic heterocycles. The zero-order chi connectivity index (χ0) is 15.0. The molecule has 1 unspecified atom stereocenters. The van der Waals surface area contributed by atoms with Crippen LogP contribution in [0.2, 0.25) is 0 Å². The van der Waals surface area contributed by atoms with E-state index in [4.69, 9.17) is 21.9 Å². The first-order valence-corrected chi connectivity index (χ1v) is 8.21. The molecular weight excluding hydrogens is 282 g/mol. The molecule has 1 N–H and O–H groups in total. The molecule has 0 saturated carbocycles. The largest absolute Gasteiger partial charge is 0.375 e. The molecule has 3 heterocycles. The molecule has 1 atom stereocenters. The lowest BCUT2D eigenvalue weighted by Gasteiger charge is -2.40. The molecule has 1 saturated heterocycles. The van der Waals surface area contributed by atoms with Gasteiger partial charge in [-0.3, -0.25) is 4.57 Å². The lowest BCUT2D eigenvalue weighted by molar-refractivity contribution is -0.0984. The van der Waals surface area contributed by atoms with E-state index in [2.05, 4.69) is 29.5 Å². The summed E-state index contributed by atoms with van der Waals surface area (Å²) in [5, 5.41) is 0. The normalized spacial score (nSPS) is 21.8. The van der Waals surface area contributed by atoms with Crippen molar-refractivity contribution in [1.29, 1.82) is 0 Å². The number of aromatic nitrogens is 3.